The summed E-state index contributed by atoms with van der Waals surface area (Å²) >= 11 is 0. The van der Waals surface area contributed by atoms with Crippen LogP contribution in [0.3, 0.4) is 0 Å². The first-order valence-electron chi connectivity index (χ1n) is 6.30. The minimum Gasteiger partial charge on any atom is -0.399 e. The van der Waals surface area contributed by atoms with Gasteiger partial charge in [0, 0.05) is 17.7 Å². The Labute approximate surface area is 112 Å². The molecular formula is C14H20FN3O. The molecule has 0 amide bonds. The molecule has 0 unspecified atom stereocenters. The van der Waals surface area contributed by atoms with Gasteiger partial charge in [0.25, 0.3) is 0 Å². The van der Waals surface area contributed by atoms with Crippen LogP contribution in [-0.4, -0.2) is 18.0 Å². The Morgan fingerprint density at radius 2 is 1.95 bits per heavy atom. The largest absolute Gasteiger partial charge is 0.399 e. The van der Waals surface area contributed by atoms with E-state index in [-0.39, 0.29) is 5.82 Å². The SMILES string of the molecule is CC1(C)OCC[C@@](C)(c2cc(N)ccc2F)N=C1N. The van der Waals surface area contributed by atoms with E-state index in [4.69, 9.17) is 16.2 Å². The van der Waals surface area contributed by atoms with Crippen molar-refractivity contribution >= 4 is 11.5 Å². The molecule has 0 radical (unpaired) electrons. The summed E-state index contributed by atoms with van der Waals surface area (Å²) in [4.78, 5) is 4.51. The molecule has 0 bridgehead atoms. The summed E-state index contributed by atoms with van der Waals surface area (Å²) < 4.78 is 19.7. The van der Waals surface area contributed by atoms with Crippen LogP contribution in [0.1, 0.15) is 32.8 Å². The van der Waals surface area contributed by atoms with Gasteiger partial charge in [0.15, 0.2) is 0 Å². The Kier molecular flexibility index (Phi) is 3.26. The maximum atomic E-state index is 14.0. The van der Waals surface area contributed by atoms with E-state index >= 15 is 0 Å². The van der Waals surface area contributed by atoms with E-state index in [1.54, 1.807) is 6.07 Å². The lowest BCUT2D eigenvalue weighted by Crippen LogP contribution is -2.40. The summed E-state index contributed by atoms with van der Waals surface area (Å²) in [6.45, 7) is 6.02. The number of amidine groups is 1. The molecule has 0 spiro atoms. The Morgan fingerprint density at radius 1 is 1.26 bits per heavy atom. The van der Waals surface area contributed by atoms with Crippen LogP contribution < -0.4 is 11.5 Å². The van der Waals surface area contributed by atoms with Crippen LogP contribution in [0.2, 0.25) is 0 Å². The van der Waals surface area contributed by atoms with Crippen molar-refractivity contribution in [1.29, 1.82) is 0 Å². The lowest BCUT2D eigenvalue weighted by molar-refractivity contribution is 0.0319. The van der Waals surface area contributed by atoms with Gasteiger partial charge in [0.05, 0.1) is 12.1 Å². The number of ether oxygens (including phenoxy) is 1. The van der Waals surface area contributed by atoms with E-state index in [1.807, 2.05) is 20.8 Å². The van der Waals surface area contributed by atoms with E-state index in [0.717, 1.165) is 0 Å². The molecule has 1 atom stereocenters. The van der Waals surface area contributed by atoms with Gasteiger partial charge in [-0.3, -0.25) is 4.99 Å². The van der Waals surface area contributed by atoms with Crippen LogP contribution in [0.15, 0.2) is 23.2 Å². The molecule has 1 aliphatic heterocycles. The van der Waals surface area contributed by atoms with Crippen LogP contribution in [-0.2, 0) is 10.3 Å². The minimum absolute atomic E-state index is 0.326. The fourth-order valence-electron chi connectivity index (χ4n) is 2.19. The number of hydrogen-bond donors (Lipinski definition) is 2. The molecule has 1 aromatic rings. The second kappa shape index (κ2) is 4.49. The van der Waals surface area contributed by atoms with Crippen LogP contribution in [0, 0.1) is 5.82 Å². The van der Waals surface area contributed by atoms with E-state index in [2.05, 4.69) is 4.99 Å². The molecule has 1 aliphatic rings. The fraction of sp³-hybridized carbons (Fsp3) is 0.500. The van der Waals surface area contributed by atoms with Gasteiger partial charge in [0.1, 0.15) is 17.3 Å². The first kappa shape index (κ1) is 13.8. The van der Waals surface area contributed by atoms with Gasteiger partial charge in [-0.1, -0.05) is 0 Å². The fourth-order valence-corrected chi connectivity index (χ4v) is 2.19. The molecule has 4 nitrogen and oxygen atoms in total. The monoisotopic (exact) mass is 265 g/mol. The Bertz CT molecular complexity index is 527. The third-order valence-electron chi connectivity index (χ3n) is 3.61. The number of anilines is 1. The predicted octanol–water partition coefficient (Wildman–Crippen LogP) is 2.18. The number of nitrogen functional groups attached to an aromatic ring is 1. The number of hydrogen-bond acceptors (Lipinski definition) is 4. The summed E-state index contributed by atoms with van der Waals surface area (Å²) in [6, 6.07) is 4.51. The van der Waals surface area contributed by atoms with Gasteiger partial charge in [-0.05, 0) is 39.0 Å². The van der Waals surface area contributed by atoms with E-state index in [9.17, 15) is 4.39 Å². The Balaban J connectivity index is 2.53. The van der Waals surface area contributed by atoms with Crippen LogP contribution in [0.5, 0.6) is 0 Å². The molecule has 0 fully saturated rings. The maximum absolute atomic E-state index is 14.0. The van der Waals surface area contributed by atoms with Gasteiger partial charge in [-0.2, -0.15) is 0 Å². The number of benzene rings is 1. The van der Waals surface area contributed by atoms with Crippen molar-refractivity contribution in [2.75, 3.05) is 12.3 Å². The molecule has 19 heavy (non-hydrogen) atoms. The van der Waals surface area contributed by atoms with E-state index in [1.165, 1.54) is 12.1 Å². The van der Waals surface area contributed by atoms with Gasteiger partial charge in [0.2, 0.25) is 0 Å². The summed E-state index contributed by atoms with van der Waals surface area (Å²) in [5.41, 5.74) is 11.3. The normalized spacial score (nSPS) is 26.6. The molecule has 0 aromatic heterocycles. The van der Waals surface area contributed by atoms with Gasteiger partial charge in [-0.25, -0.2) is 4.39 Å². The second-order valence-electron chi connectivity index (χ2n) is 5.62. The highest BCUT2D eigenvalue weighted by atomic mass is 19.1. The molecule has 0 saturated carbocycles. The van der Waals surface area contributed by atoms with Crippen molar-refractivity contribution in [3.05, 3.63) is 29.6 Å². The highest BCUT2D eigenvalue weighted by Crippen LogP contribution is 2.35. The van der Waals surface area contributed by atoms with Gasteiger partial charge in [-0.15, -0.1) is 0 Å². The smallest absolute Gasteiger partial charge is 0.128 e. The molecule has 1 aromatic carbocycles. The van der Waals surface area contributed by atoms with Crippen molar-refractivity contribution in [3.8, 4) is 0 Å². The quantitative estimate of drug-likeness (QED) is 0.764. The third kappa shape index (κ3) is 2.56. The third-order valence-corrected chi connectivity index (χ3v) is 3.61. The molecule has 0 saturated heterocycles. The number of nitrogens with two attached hydrogens (primary N) is 2. The molecule has 5 heteroatoms. The van der Waals surface area contributed by atoms with Crippen LogP contribution in [0.25, 0.3) is 0 Å². The van der Waals surface area contributed by atoms with Crippen LogP contribution in [0.4, 0.5) is 10.1 Å². The topological polar surface area (TPSA) is 73.6 Å². The van der Waals surface area contributed by atoms with Crippen LogP contribution >= 0.6 is 0 Å². The van der Waals surface area contributed by atoms with Gasteiger partial charge >= 0.3 is 0 Å². The first-order valence-corrected chi connectivity index (χ1v) is 6.30. The number of halogens is 1. The summed E-state index contributed by atoms with van der Waals surface area (Å²) in [6.07, 6.45) is 0.553. The van der Waals surface area contributed by atoms with Crippen molar-refractivity contribution in [3.63, 3.8) is 0 Å². The number of rotatable bonds is 1. The first-order chi connectivity index (χ1) is 8.74. The molecule has 0 aliphatic carbocycles. The zero-order chi connectivity index (χ0) is 14.3. The predicted molar refractivity (Wildman–Crippen MR) is 74.4 cm³/mol. The maximum Gasteiger partial charge on any atom is 0.128 e. The van der Waals surface area contributed by atoms with Crippen molar-refractivity contribution in [2.45, 2.75) is 38.3 Å². The average molecular weight is 265 g/mol. The Morgan fingerprint density at radius 3 is 2.63 bits per heavy atom. The lowest BCUT2D eigenvalue weighted by Gasteiger charge is -2.25. The van der Waals surface area contributed by atoms with Gasteiger partial charge < -0.3 is 16.2 Å². The van der Waals surface area contributed by atoms with Crippen molar-refractivity contribution in [2.24, 2.45) is 10.7 Å². The zero-order valence-electron chi connectivity index (χ0n) is 11.5. The van der Waals surface area contributed by atoms with E-state index in [0.29, 0.717) is 30.1 Å². The number of aliphatic imine (C=N–C) groups is 1. The number of nitrogens with zero attached hydrogens (tertiary/aromatic N) is 1. The summed E-state index contributed by atoms with van der Waals surface area (Å²) in [5, 5.41) is 0. The molecule has 2 rings (SSSR count). The highest BCUT2D eigenvalue weighted by Gasteiger charge is 2.36. The second-order valence-corrected chi connectivity index (χ2v) is 5.62. The zero-order valence-corrected chi connectivity index (χ0v) is 11.5. The minimum atomic E-state index is -0.753. The molecule has 4 N–H and O–H groups in total. The molecular weight excluding hydrogens is 245 g/mol. The van der Waals surface area contributed by atoms with Crippen molar-refractivity contribution < 1.29 is 9.13 Å². The molecule has 104 valence electrons. The summed E-state index contributed by atoms with van der Waals surface area (Å²) in [5.74, 6) is 0.0438. The standard InChI is InChI=1S/C14H20FN3O/c1-13(2)12(17)18-14(3,6-7-19-13)10-8-9(16)4-5-11(10)15/h4-5,8H,6-7,16H2,1-3H3,(H2,17,18)/t14-/m0/s1. The van der Waals surface area contributed by atoms with Crippen molar-refractivity contribution in [1.82, 2.24) is 0 Å². The Hall–Kier alpha value is -1.62. The lowest BCUT2D eigenvalue weighted by atomic mass is 9.88. The molecule has 1 heterocycles. The highest BCUT2D eigenvalue weighted by molar-refractivity contribution is 5.88. The van der Waals surface area contributed by atoms with E-state index < -0.39 is 11.1 Å². The summed E-state index contributed by atoms with van der Waals surface area (Å²) in [7, 11) is 0. The average Bonchev–Trinajstić information content (AvgIpc) is 2.41.